The molecule has 19 heavy (non-hydrogen) atoms. The highest BCUT2D eigenvalue weighted by atomic mass is 16.5. The van der Waals surface area contributed by atoms with Crippen LogP contribution in [0.1, 0.15) is 38.7 Å². The summed E-state index contributed by atoms with van der Waals surface area (Å²) in [6.07, 6.45) is 6.33. The van der Waals surface area contributed by atoms with Gasteiger partial charge in [-0.2, -0.15) is 0 Å². The van der Waals surface area contributed by atoms with Crippen molar-refractivity contribution in [3.05, 3.63) is 42.5 Å². The van der Waals surface area contributed by atoms with Crippen LogP contribution in [0.4, 0.5) is 0 Å². The van der Waals surface area contributed by atoms with Crippen molar-refractivity contribution < 1.29 is 4.74 Å². The van der Waals surface area contributed by atoms with Crippen LogP contribution >= 0.6 is 0 Å². The maximum absolute atomic E-state index is 5.85. The maximum atomic E-state index is 5.85. The van der Waals surface area contributed by atoms with E-state index in [1.165, 1.54) is 18.4 Å². The fourth-order valence-electron chi connectivity index (χ4n) is 1.95. The summed E-state index contributed by atoms with van der Waals surface area (Å²) in [6.45, 7) is 10.0. The molecular weight excluding hydrogens is 234 g/mol. The van der Waals surface area contributed by atoms with Crippen molar-refractivity contribution in [3.63, 3.8) is 0 Å². The summed E-state index contributed by atoms with van der Waals surface area (Å²) in [7, 11) is 0. The number of rotatable bonds is 10. The molecule has 1 aromatic carbocycles. The van der Waals surface area contributed by atoms with Crippen molar-refractivity contribution in [2.45, 2.75) is 45.6 Å². The second kappa shape index (κ2) is 9.62. The van der Waals surface area contributed by atoms with E-state index >= 15 is 0 Å². The van der Waals surface area contributed by atoms with Gasteiger partial charge in [0, 0.05) is 6.04 Å². The van der Waals surface area contributed by atoms with Gasteiger partial charge >= 0.3 is 0 Å². The first kappa shape index (κ1) is 15.8. The number of allylic oxidation sites excluding steroid dienone is 1. The summed E-state index contributed by atoms with van der Waals surface area (Å²) < 4.78 is 5.85. The van der Waals surface area contributed by atoms with Crippen LogP contribution in [0, 0.1) is 0 Å². The summed E-state index contributed by atoms with van der Waals surface area (Å²) in [4.78, 5) is 0. The van der Waals surface area contributed by atoms with Crippen molar-refractivity contribution in [2.24, 2.45) is 0 Å². The van der Waals surface area contributed by atoms with Gasteiger partial charge in [0.2, 0.25) is 0 Å². The highest BCUT2D eigenvalue weighted by Crippen LogP contribution is 2.19. The molecule has 0 bridgehead atoms. The third kappa shape index (κ3) is 7.02. The molecule has 0 aliphatic heterocycles. The van der Waals surface area contributed by atoms with Crippen molar-refractivity contribution in [1.82, 2.24) is 5.32 Å². The van der Waals surface area contributed by atoms with E-state index in [1.54, 1.807) is 0 Å². The monoisotopic (exact) mass is 261 g/mol. The SMILES string of the molecule is C=CCc1ccccc1OCCCCCNC(C)C. The van der Waals surface area contributed by atoms with Crippen LogP contribution in [0.5, 0.6) is 5.75 Å². The first-order valence-electron chi connectivity index (χ1n) is 7.29. The molecule has 1 N–H and O–H groups in total. The van der Waals surface area contributed by atoms with Crippen LogP contribution in [0.15, 0.2) is 36.9 Å². The lowest BCUT2D eigenvalue weighted by atomic mass is 10.1. The zero-order valence-corrected chi connectivity index (χ0v) is 12.3. The lowest BCUT2D eigenvalue weighted by Gasteiger charge is -2.11. The van der Waals surface area contributed by atoms with Gasteiger partial charge in [0.05, 0.1) is 6.61 Å². The zero-order valence-electron chi connectivity index (χ0n) is 12.3. The smallest absolute Gasteiger partial charge is 0.122 e. The molecule has 2 heteroatoms. The third-order valence-electron chi connectivity index (χ3n) is 2.97. The molecule has 1 rings (SSSR count). The summed E-state index contributed by atoms with van der Waals surface area (Å²) in [5.74, 6) is 1.00. The highest BCUT2D eigenvalue weighted by Gasteiger charge is 2.00. The van der Waals surface area contributed by atoms with Gasteiger partial charge in [0.15, 0.2) is 0 Å². The first-order chi connectivity index (χ1) is 9.24. The molecule has 2 nitrogen and oxygen atoms in total. The standard InChI is InChI=1S/C17H27NO/c1-4-10-16-11-6-7-12-17(16)19-14-9-5-8-13-18-15(2)3/h4,6-7,11-12,15,18H,1,5,8-10,13-14H2,2-3H3. The summed E-state index contributed by atoms with van der Waals surface area (Å²) in [5.41, 5.74) is 1.22. The van der Waals surface area contributed by atoms with Crippen molar-refractivity contribution in [1.29, 1.82) is 0 Å². The number of benzene rings is 1. The zero-order chi connectivity index (χ0) is 13.9. The van der Waals surface area contributed by atoms with Crippen LogP contribution < -0.4 is 10.1 Å². The van der Waals surface area contributed by atoms with E-state index < -0.39 is 0 Å². The topological polar surface area (TPSA) is 21.3 Å². The predicted octanol–water partition coefficient (Wildman–Crippen LogP) is 3.96. The van der Waals surface area contributed by atoms with Gasteiger partial charge in [0.25, 0.3) is 0 Å². The average Bonchev–Trinajstić information content (AvgIpc) is 2.39. The molecule has 0 radical (unpaired) electrons. The summed E-state index contributed by atoms with van der Waals surface area (Å²) >= 11 is 0. The molecule has 0 saturated carbocycles. The fraction of sp³-hybridized carbons (Fsp3) is 0.529. The van der Waals surface area contributed by atoms with Crippen molar-refractivity contribution in [2.75, 3.05) is 13.2 Å². The second-order valence-electron chi connectivity index (χ2n) is 5.12. The molecule has 0 saturated heterocycles. The Morgan fingerprint density at radius 1 is 1.21 bits per heavy atom. The summed E-state index contributed by atoms with van der Waals surface area (Å²) in [6, 6.07) is 8.79. The molecule has 0 spiro atoms. The quantitative estimate of drug-likeness (QED) is 0.508. The number of para-hydroxylation sites is 1. The Hall–Kier alpha value is -1.28. The van der Waals surface area contributed by atoms with Gasteiger partial charge in [-0.15, -0.1) is 6.58 Å². The van der Waals surface area contributed by atoms with Gasteiger partial charge in [-0.3, -0.25) is 0 Å². The largest absolute Gasteiger partial charge is 0.493 e. The molecule has 0 atom stereocenters. The molecule has 0 amide bonds. The molecule has 0 heterocycles. The normalized spacial score (nSPS) is 10.7. The van der Waals surface area contributed by atoms with Crippen molar-refractivity contribution >= 4 is 0 Å². The number of unbranched alkanes of at least 4 members (excludes halogenated alkanes) is 2. The van der Waals surface area contributed by atoms with E-state index in [0.29, 0.717) is 6.04 Å². The van der Waals surface area contributed by atoms with E-state index in [0.717, 1.165) is 31.7 Å². The van der Waals surface area contributed by atoms with Crippen molar-refractivity contribution in [3.8, 4) is 5.75 Å². The van der Waals surface area contributed by atoms with Crippen LogP contribution in [-0.2, 0) is 6.42 Å². The van der Waals surface area contributed by atoms with Crippen LogP contribution in [0.25, 0.3) is 0 Å². The molecule has 0 unspecified atom stereocenters. The Bertz CT molecular complexity index is 360. The highest BCUT2D eigenvalue weighted by molar-refractivity contribution is 5.34. The number of hydrogen-bond acceptors (Lipinski definition) is 2. The Kier molecular flexibility index (Phi) is 7.99. The second-order valence-corrected chi connectivity index (χ2v) is 5.12. The molecule has 1 aromatic rings. The average molecular weight is 261 g/mol. The first-order valence-corrected chi connectivity index (χ1v) is 7.29. The van der Waals surface area contributed by atoms with E-state index in [9.17, 15) is 0 Å². The van der Waals surface area contributed by atoms with Gasteiger partial charge in [-0.05, 0) is 43.9 Å². The minimum absolute atomic E-state index is 0.585. The molecule has 0 aliphatic rings. The Labute approximate surface area is 117 Å². The number of hydrogen-bond donors (Lipinski definition) is 1. The Morgan fingerprint density at radius 3 is 2.74 bits per heavy atom. The Balaban J connectivity index is 2.17. The van der Waals surface area contributed by atoms with E-state index in [2.05, 4.69) is 31.8 Å². The molecule has 0 aromatic heterocycles. The van der Waals surface area contributed by atoms with Gasteiger partial charge < -0.3 is 10.1 Å². The van der Waals surface area contributed by atoms with Gasteiger partial charge in [-0.25, -0.2) is 0 Å². The van der Waals surface area contributed by atoms with Crippen LogP contribution in [-0.4, -0.2) is 19.2 Å². The number of nitrogens with one attached hydrogen (secondary N) is 1. The van der Waals surface area contributed by atoms with E-state index in [4.69, 9.17) is 4.74 Å². The lowest BCUT2D eigenvalue weighted by Crippen LogP contribution is -2.23. The minimum atomic E-state index is 0.585. The number of ether oxygens (including phenoxy) is 1. The fourth-order valence-corrected chi connectivity index (χ4v) is 1.95. The molecule has 106 valence electrons. The van der Waals surface area contributed by atoms with Gasteiger partial charge in [0.1, 0.15) is 5.75 Å². The minimum Gasteiger partial charge on any atom is -0.493 e. The predicted molar refractivity (Wildman–Crippen MR) is 82.8 cm³/mol. The summed E-state index contributed by atoms with van der Waals surface area (Å²) in [5, 5.41) is 3.43. The molecular formula is C17H27NO. The third-order valence-corrected chi connectivity index (χ3v) is 2.97. The maximum Gasteiger partial charge on any atom is 0.122 e. The molecule has 0 aliphatic carbocycles. The molecule has 0 fully saturated rings. The van der Waals surface area contributed by atoms with Gasteiger partial charge in [-0.1, -0.05) is 38.1 Å². The van der Waals surface area contributed by atoms with E-state index in [1.807, 2.05) is 24.3 Å². The lowest BCUT2D eigenvalue weighted by molar-refractivity contribution is 0.302. The van der Waals surface area contributed by atoms with E-state index in [-0.39, 0.29) is 0 Å². The Morgan fingerprint density at radius 2 is 2.00 bits per heavy atom. The van der Waals surface area contributed by atoms with Crippen LogP contribution in [0.3, 0.4) is 0 Å². The van der Waals surface area contributed by atoms with Crippen LogP contribution in [0.2, 0.25) is 0 Å².